The molecule has 6 nitrogen and oxygen atoms in total. The maximum absolute atomic E-state index is 11.4. The molecule has 0 radical (unpaired) electrons. The van der Waals surface area contributed by atoms with E-state index in [-0.39, 0.29) is 28.5 Å². The van der Waals surface area contributed by atoms with Gasteiger partial charge in [0.2, 0.25) is 0 Å². The highest BCUT2D eigenvalue weighted by Gasteiger charge is 2.11. The number of ether oxygens (including phenoxy) is 2. The van der Waals surface area contributed by atoms with Crippen LogP contribution in [0.2, 0.25) is 10.3 Å². The van der Waals surface area contributed by atoms with E-state index in [4.69, 9.17) is 32.7 Å². The van der Waals surface area contributed by atoms with Crippen molar-refractivity contribution >= 4 is 34.8 Å². The predicted molar refractivity (Wildman–Crippen MR) is 63.4 cm³/mol. The van der Waals surface area contributed by atoms with E-state index in [0.29, 0.717) is 13.2 Å². The Kier molecular flexibility index (Phi) is 6.13. The van der Waals surface area contributed by atoms with Crippen molar-refractivity contribution < 1.29 is 14.3 Å². The molecule has 0 saturated heterocycles. The second-order valence-corrected chi connectivity index (χ2v) is 3.64. The molecule has 1 heterocycles. The van der Waals surface area contributed by atoms with Gasteiger partial charge >= 0.3 is 0 Å². The molecule has 1 N–H and O–H groups in total. The Hall–Kier alpha value is -0.950. The molecule has 1 amide bonds. The first kappa shape index (κ1) is 14.1. The van der Waals surface area contributed by atoms with Gasteiger partial charge in [-0.2, -0.15) is 0 Å². The van der Waals surface area contributed by atoms with Gasteiger partial charge in [-0.1, -0.05) is 23.2 Å². The summed E-state index contributed by atoms with van der Waals surface area (Å²) in [5, 5.41) is 2.62. The number of methoxy groups -OCH3 is 1. The van der Waals surface area contributed by atoms with Crippen LogP contribution < -0.4 is 5.32 Å². The lowest BCUT2D eigenvalue weighted by atomic mass is 10.5. The quantitative estimate of drug-likeness (QED) is 0.629. The summed E-state index contributed by atoms with van der Waals surface area (Å²) in [5.74, 6) is -0.389. The zero-order chi connectivity index (χ0) is 12.7. The lowest BCUT2D eigenvalue weighted by molar-refractivity contribution is -0.121. The van der Waals surface area contributed by atoms with Crippen molar-refractivity contribution in [1.29, 1.82) is 0 Å². The summed E-state index contributed by atoms with van der Waals surface area (Å²) in [5.41, 5.74) is 0.177. The fraction of sp³-hybridized carbons (Fsp3) is 0.444. The van der Waals surface area contributed by atoms with Crippen molar-refractivity contribution in [3.8, 4) is 0 Å². The number of amides is 1. The number of halogens is 2. The molecule has 1 aromatic rings. The summed E-state index contributed by atoms with van der Waals surface area (Å²) in [6.07, 6.45) is 1.20. The molecule has 0 fully saturated rings. The van der Waals surface area contributed by atoms with Gasteiger partial charge in [-0.25, -0.2) is 9.97 Å². The molecule has 94 valence electrons. The van der Waals surface area contributed by atoms with E-state index in [1.165, 1.54) is 6.33 Å². The highest BCUT2D eigenvalue weighted by molar-refractivity contribution is 6.38. The predicted octanol–water partition coefficient (Wildman–Crippen LogP) is 1.38. The van der Waals surface area contributed by atoms with Crippen LogP contribution in [0.15, 0.2) is 6.33 Å². The standard InChI is InChI=1S/C9H11Cl2N3O3/c1-16-2-3-17-4-6(15)14-7-8(10)12-5-13-9(7)11/h5H,2-4H2,1H3,(H,14,15). The lowest BCUT2D eigenvalue weighted by Gasteiger charge is -2.07. The van der Waals surface area contributed by atoms with Crippen LogP contribution in [0.3, 0.4) is 0 Å². The Morgan fingerprint density at radius 2 is 2.00 bits per heavy atom. The number of aromatic nitrogens is 2. The summed E-state index contributed by atoms with van der Waals surface area (Å²) in [6.45, 7) is 0.630. The number of anilines is 1. The van der Waals surface area contributed by atoms with Gasteiger partial charge in [-0.05, 0) is 0 Å². The summed E-state index contributed by atoms with van der Waals surface area (Å²) in [4.78, 5) is 18.8. The van der Waals surface area contributed by atoms with Crippen molar-refractivity contribution in [3.63, 3.8) is 0 Å². The van der Waals surface area contributed by atoms with Crippen LogP contribution in [-0.4, -0.2) is 42.8 Å². The molecule has 1 rings (SSSR count). The second kappa shape index (κ2) is 7.39. The molecule has 0 aliphatic heterocycles. The molecule has 0 saturated carbocycles. The van der Waals surface area contributed by atoms with E-state index in [9.17, 15) is 4.79 Å². The van der Waals surface area contributed by atoms with Gasteiger partial charge in [-0.3, -0.25) is 4.79 Å². The number of nitrogens with one attached hydrogen (secondary N) is 1. The van der Waals surface area contributed by atoms with Gasteiger partial charge in [0.25, 0.3) is 5.91 Å². The van der Waals surface area contributed by atoms with Crippen LogP contribution in [0.4, 0.5) is 5.69 Å². The highest BCUT2D eigenvalue weighted by atomic mass is 35.5. The topological polar surface area (TPSA) is 73.3 Å². The van der Waals surface area contributed by atoms with Gasteiger partial charge in [0, 0.05) is 7.11 Å². The van der Waals surface area contributed by atoms with E-state index < -0.39 is 0 Å². The van der Waals surface area contributed by atoms with E-state index in [0.717, 1.165) is 0 Å². The number of carbonyl (C=O) groups is 1. The third-order valence-electron chi connectivity index (χ3n) is 1.68. The summed E-state index contributed by atoms with van der Waals surface area (Å²) >= 11 is 11.5. The molecule has 17 heavy (non-hydrogen) atoms. The number of nitrogens with zero attached hydrogens (tertiary/aromatic N) is 2. The average molecular weight is 280 g/mol. The molecular formula is C9H11Cl2N3O3. The van der Waals surface area contributed by atoms with Crippen molar-refractivity contribution in [2.75, 3.05) is 32.2 Å². The van der Waals surface area contributed by atoms with E-state index in [1.807, 2.05) is 0 Å². The summed E-state index contributed by atoms with van der Waals surface area (Å²) in [7, 11) is 1.55. The van der Waals surface area contributed by atoms with Crippen LogP contribution in [0, 0.1) is 0 Å². The van der Waals surface area contributed by atoms with Gasteiger partial charge in [-0.15, -0.1) is 0 Å². The fourth-order valence-electron chi connectivity index (χ4n) is 0.930. The number of hydrogen-bond donors (Lipinski definition) is 1. The Bertz CT molecular complexity index is 369. The fourth-order valence-corrected chi connectivity index (χ4v) is 1.34. The van der Waals surface area contributed by atoms with Crippen molar-refractivity contribution in [3.05, 3.63) is 16.6 Å². The lowest BCUT2D eigenvalue weighted by Crippen LogP contribution is -2.20. The van der Waals surface area contributed by atoms with Gasteiger partial charge < -0.3 is 14.8 Å². The van der Waals surface area contributed by atoms with E-state index in [2.05, 4.69) is 15.3 Å². The van der Waals surface area contributed by atoms with Crippen LogP contribution >= 0.6 is 23.2 Å². The van der Waals surface area contributed by atoms with Crippen molar-refractivity contribution in [1.82, 2.24) is 9.97 Å². The monoisotopic (exact) mass is 279 g/mol. The molecule has 0 spiro atoms. The van der Waals surface area contributed by atoms with E-state index >= 15 is 0 Å². The first-order chi connectivity index (χ1) is 8.15. The Balaban J connectivity index is 2.45. The number of rotatable bonds is 6. The molecule has 1 aromatic heterocycles. The van der Waals surface area contributed by atoms with Crippen LogP contribution in [0.25, 0.3) is 0 Å². The Labute approximate surface area is 108 Å². The van der Waals surface area contributed by atoms with Crippen LogP contribution in [-0.2, 0) is 14.3 Å². The normalized spacial score (nSPS) is 10.3. The third kappa shape index (κ3) is 4.82. The first-order valence-electron chi connectivity index (χ1n) is 4.67. The smallest absolute Gasteiger partial charge is 0.250 e. The van der Waals surface area contributed by atoms with Crippen molar-refractivity contribution in [2.45, 2.75) is 0 Å². The summed E-state index contributed by atoms with van der Waals surface area (Å²) < 4.78 is 9.78. The van der Waals surface area contributed by atoms with Gasteiger partial charge in [0.05, 0.1) is 13.2 Å². The van der Waals surface area contributed by atoms with Crippen LogP contribution in [0.1, 0.15) is 0 Å². The number of carbonyl (C=O) groups excluding carboxylic acids is 1. The minimum Gasteiger partial charge on any atom is -0.382 e. The highest BCUT2D eigenvalue weighted by Crippen LogP contribution is 2.25. The minimum absolute atomic E-state index is 0.0789. The van der Waals surface area contributed by atoms with Crippen molar-refractivity contribution in [2.24, 2.45) is 0 Å². The SMILES string of the molecule is COCCOCC(=O)Nc1c(Cl)ncnc1Cl. The molecule has 0 unspecified atom stereocenters. The van der Waals surface area contributed by atoms with Crippen LogP contribution in [0.5, 0.6) is 0 Å². The Morgan fingerprint density at radius 3 is 2.59 bits per heavy atom. The number of hydrogen-bond acceptors (Lipinski definition) is 5. The summed E-state index contributed by atoms with van der Waals surface area (Å²) in [6, 6.07) is 0. The molecule has 8 heteroatoms. The zero-order valence-electron chi connectivity index (χ0n) is 9.07. The molecular weight excluding hydrogens is 269 g/mol. The van der Waals surface area contributed by atoms with E-state index in [1.54, 1.807) is 7.11 Å². The molecule has 0 aliphatic carbocycles. The second-order valence-electron chi connectivity index (χ2n) is 2.92. The zero-order valence-corrected chi connectivity index (χ0v) is 10.6. The first-order valence-corrected chi connectivity index (χ1v) is 5.43. The molecule has 0 atom stereocenters. The maximum Gasteiger partial charge on any atom is 0.250 e. The van der Waals surface area contributed by atoms with Gasteiger partial charge in [0.1, 0.15) is 18.6 Å². The minimum atomic E-state index is -0.389. The maximum atomic E-state index is 11.4. The molecule has 0 aliphatic rings. The average Bonchev–Trinajstić information content (AvgIpc) is 2.30. The molecule has 0 bridgehead atoms. The largest absolute Gasteiger partial charge is 0.382 e. The third-order valence-corrected chi connectivity index (χ3v) is 2.26. The van der Waals surface area contributed by atoms with Gasteiger partial charge in [0.15, 0.2) is 10.3 Å². The Morgan fingerprint density at radius 1 is 1.35 bits per heavy atom. The molecule has 0 aromatic carbocycles.